The van der Waals surface area contributed by atoms with Crippen molar-refractivity contribution >= 4 is 5.57 Å². The number of ether oxygens (including phenoxy) is 1. The molecular formula is C27H26FNO. The Morgan fingerprint density at radius 3 is 2.40 bits per heavy atom. The van der Waals surface area contributed by atoms with Crippen LogP contribution in [0.15, 0.2) is 72.4 Å². The van der Waals surface area contributed by atoms with Gasteiger partial charge in [0.1, 0.15) is 11.6 Å². The number of para-hydroxylation sites is 1. The molecule has 0 N–H and O–H groups in total. The summed E-state index contributed by atoms with van der Waals surface area (Å²) in [5, 5.41) is 0. The molecule has 1 atom stereocenters. The van der Waals surface area contributed by atoms with Crippen molar-refractivity contribution in [2.45, 2.75) is 33.1 Å². The number of allylic oxidation sites excluding steroid dienone is 1. The second-order valence-electron chi connectivity index (χ2n) is 8.73. The van der Waals surface area contributed by atoms with Crippen molar-refractivity contribution in [3.8, 4) is 11.6 Å². The first-order chi connectivity index (χ1) is 14.6. The number of rotatable bonds is 5. The molecule has 2 aromatic carbocycles. The van der Waals surface area contributed by atoms with Gasteiger partial charge in [-0.15, -0.1) is 0 Å². The van der Waals surface area contributed by atoms with Gasteiger partial charge in [0.05, 0.1) is 0 Å². The van der Waals surface area contributed by atoms with Crippen molar-refractivity contribution in [1.29, 1.82) is 0 Å². The van der Waals surface area contributed by atoms with Crippen LogP contribution >= 0.6 is 0 Å². The molecule has 1 fully saturated rings. The van der Waals surface area contributed by atoms with Crippen LogP contribution in [0.4, 0.5) is 4.39 Å². The smallest absolute Gasteiger partial charge is 0.219 e. The molecule has 0 amide bonds. The molecule has 0 radical (unpaired) electrons. The molecule has 3 aromatic rings. The van der Waals surface area contributed by atoms with Crippen molar-refractivity contribution in [2.24, 2.45) is 17.8 Å². The highest BCUT2D eigenvalue weighted by molar-refractivity contribution is 5.86. The lowest BCUT2D eigenvalue weighted by molar-refractivity contribution is 0.456. The highest BCUT2D eigenvalue weighted by Crippen LogP contribution is 2.51. The average Bonchev–Trinajstić information content (AvgIpc) is 3.59. The van der Waals surface area contributed by atoms with Gasteiger partial charge in [-0.1, -0.05) is 49.8 Å². The van der Waals surface area contributed by atoms with E-state index >= 15 is 0 Å². The van der Waals surface area contributed by atoms with E-state index in [2.05, 4.69) is 24.9 Å². The first kappa shape index (κ1) is 19.0. The van der Waals surface area contributed by atoms with Crippen LogP contribution in [0.2, 0.25) is 0 Å². The predicted molar refractivity (Wildman–Crippen MR) is 118 cm³/mol. The third-order valence-electron chi connectivity index (χ3n) is 6.27. The van der Waals surface area contributed by atoms with E-state index in [0.29, 0.717) is 17.7 Å². The van der Waals surface area contributed by atoms with Crippen molar-refractivity contribution in [1.82, 2.24) is 4.98 Å². The molecule has 2 aliphatic carbocycles. The zero-order valence-corrected chi connectivity index (χ0v) is 17.4. The standard InChI is InChI=1S/C27H26FNO/c1-17(2)26-23(18-8-9-18)14-20-16-29-25(30-22-6-4-3-5-7-22)15-24(20)27(26)19-10-12-21(28)13-11-19/h3-7,10-13,15-18,23H,8-9,14H2,1-2H3. The molecule has 3 heteroatoms. The van der Waals surface area contributed by atoms with Crippen molar-refractivity contribution < 1.29 is 9.13 Å². The van der Waals surface area contributed by atoms with Crippen molar-refractivity contribution in [2.75, 3.05) is 0 Å². The zero-order valence-electron chi connectivity index (χ0n) is 17.4. The lowest BCUT2D eigenvalue weighted by Gasteiger charge is -2.33. The summed E-state index contributed by atoms with van der Waals surface area (Å²) in [6, 6.07) is 18.7. The number of hydrogen-bond acceptors (Lipinski definition) is 2. The zero-order chi connectivity index (χ0) is 20.7. The highest BCUT2D eigenvalue weighted by atomic mass is 19.1. The van der Waals surface area contributed by atoms with Crippen molar-refractivity contribution in [3.05, 3.63) is 94.9 Å². The minimum absolute atomic E-state index is 0.206. The third kappa shape index (κ3) is 3.65. The van der Waals surface area contributed by atoms with Crippen LogP contribution in [0, 0.1) is 23.6 Å². The van der Waals surface area contributed by atoms with E-state index in [1.165, 1.54) is 35.1 Å². The molecule has 5 rings (SSSR count). The van der Waals surface area contributed by atoms with Crippen LogP contribution in [0.5, 0.6) is 11.6 Å². The molecule has 0 saturated heterocycles. The number of fused-ring (bicyclic) bond motifs is 1. The quantitative estimate of drug-likeness (QED) is 0.458. The number of aromatic nitrogens is 1. The van der Waals surface area contributed by atoms with E-state index in [1.54, 1.807) is 12.1 Å². The van der Waals surface area contributed by atoms with Gasteiger partial charge in [0.15, 0.2) is 0 Å². The number of benzene rings is 2. The number of hydrogen-bond donors (Lipinski definition) is 0. The summed E-state index contributed by atoms with van der Waals surface area (Å²) in [6.45, 7) is 4.56. The Morgan fingerprint density at radius 1 is 1.00 bits per heavy atom. The summed E-state index contributed by atoms with van der Waals surface area (Å²) in [5.41, 5.74) is 6.24. The molecule has 0 aliphatic heterocycles. The molecule has 1 heterocycles. The lowest BCUT2D eigenvalue weighted by Crippen LogP contribution is -2.22. The molecule has 2 aliphatic rings. The SMILES string of the molecule is CC(C)C1=C(c2ccc(F)cc2)c2cc(Oc3ccccc3)ncc2CC1C1CC1. The lowest BCUT2D eigenvalue weighted by atomic mass is 9.71. The van der Waals surface area contributed by atoms with Gasteiger partial charge in [0.25, 0.3) is 0 Å². The summed E-state index contributed by atoms with van der Waals surface area (Å²) < 4.78 is 19.7. The van der Waals surface area contributed by atoms with Gasteiger partial charge in [-0.05, 0) is 83.5 Å². The largest absolute Gasteiger partial charge is 0.439 e. The fourth-order valence-corrected chi connectivity index (χ4v) is 4.79. The van der Waals surface area contributed by atoms with E-state index in [0.717, 1.165) is 23.7 Å². The van der Waals surface area contributed by atoms with Crippen LogP contribution in [0.1, 0.15) is 43.4 Å². The van der Waals surface area contributed by atoms with Crippen LogP contribution in [-0.4, -0.2) is 4.98 Å². The minimum atomic E-state index is -0.206. The molecule has 30 heavy (non-hydrogen) atoms. The molecule has 152 valence electrons. The fraction of sp³-hybridized carbons (Fsp3) is 0.296. The fourth-order valence-electron chi connectivity index (χ4n) is 4.79. The van der Waals surface area contributed by atoms with E-state index in [4.69, 9.17) is 4.74 Å². The monoisotopic (exact) mass is 399 g/mol. The Balaban J connectivity index is 1.65. The van der Waals surface area contributed by atoms with E-state index in [-0.39, 0.29) is 5.82 Å². The Morgan fingerprint density at radius 2 is 1.73 bits per heavy atom. The first-order valence-electron chi connectivity index (χ1n) is 10.8. The number of nitrogens with zero attached hydrogens (tertiary/aromatic N) is 1. The molecule has 0 spiro atoms. The van der Waals surface area contributed by atoms with Gasteiger partial charge >= 0.3 is 0 Å². The van der Waals surface area contributed by atoms with E-state index in [9.17, 15) is 4.39 Å². The third-order valence-corrected chi connectivity index (χ3v) is 6.27. The van der Waals surface area contributed by atoms with E-state index in [1.807, 2.05) is 48.7 Å². The van der Waals surface area contributed by atoms with Gasteiger partial charge in [0.2, 0.25) is 5.88 Å². The summed E-state index contributed by atoms with van der Waals surface area (Å²) in [5.74, 6) is 2.88. The summed E-state index contributed by atoms with van der Waals surface area (Å²) in [4.78, 5) is 4.61. The maximum absolute atomic E-state index is 13.7. The first-order valence-corrected chi connectivity index (χ1v) is 10.8. The molecule has 1 aromatic heterocycles. The average molecular weight is 400 g/mol. The summed E-state index contributed by atoms with van der Waals surface area (Å²) in [6.07, 6.45) is 5.60. The predicted octanol–water partition coefficient (Wildman–Crippen LogP) is 7.05. The Bertz CT molecular complexity index is 1080. The van der Waals surface area contributed by atoms with Crippen LogP contribution in [0.25, 0.3) is 5.57 Å². The van der Waals surface area contributed by atoms with E-state index < -0.39 is 0 Å². The number of pyridine rings is 1. The van der Waals surface area contributed by atoms with Gasteiger partial charge in [-0.25, -0.2) is 9.37 Å². The van der Waals surface area contributed by atoms with Gasteiger partial charge in [-0.3, -0.25) is 0 Å². The Kier molecular flexibility index (Phi) is 4.90. The molecule has 2 nitrogen and oxygen atoms in total. The molecular weight excluding hydrogens is 373 g/mol. The minimum Gasteiger partial charge on any atom is -0.439 e. The Hall–Kier alpha value is -2.94. The van der Waals surface area contributed by atoms with Gasteiger partial charge in [0, 0.05) is 12.3 Å². The second kappa shape index (κ2) is 7.71. The molecule has 1 saturated carbocycles. The van der Waals surface area contributed by atoms with Gasteiger partial charge in [-0.2, -0.15) is 0 Å². The Labute approximate surface area is 177 Å². The van der Waals surface area contributed by atoms with Crippen LogP contribution in [-0.2, 0) is 6.42 Å². The molecule has 1 unspecified atom stereocenters. The second-order valence-corrected chi connectivity index (χ2v) is 8.73. The number of halogens is 1. The van der Waals surface area contributed by atoms with Gasteiger partial charge < -0.3 is 4.74 Å². The van der Waals surface area contributed by atoms with Crippen molar-refractivity contribution in [3.63, 3.8) is 0 Å². The maximum atomic E-state index is 13.7. The maximum Gasteiger partial charge on any atom is 0.219 e. The van der Waals surface area contributed by atoms with Crippen LogP contribution < -0.4 is 4.74 Å². The topological polar surface area (TPSA) is 22.1 Å². The summed E-state index contributed by atoms with van der Waals surface area (Å²) in [7, 11) is 0. The summed E-state index contributed by atoms with van der Waals surface area (Å²) >= 11 is 0. The normalized spacial score (nSPS) is 18.5. The highest BCUT2D eigenvalue weighted by Gasteiger charge is 2.39. The van der Waals surface area contributed by atoms with Crippen LogP contribution in [0.3, 0.4) is 0 Å². The molecule has 0 bridgehead atoms.